The number of unbranched alkanes of at least 4 members (excludes halogenated alkanes) is 2. The summed E-state index contributed by atoms with van der Waals surface area (Å²) in [4.78, 5) is 2.83. The zero-order valence-electron chi connectivity index (χ0n) is 16.5. The average Bonchev–Trinajstić information content (AvgIpc) is 2.72. The second-order valence-electron chi connectivity index (χ2n) is 6.41. The lowest BCUT2D eigenvalue weighted by atomic mass is 10.1. The van der Waals surface area contributed by atoms with Gasteiger partial charge in [0.05, 0.1) is 15.7 Å². The highest BCUT2D eigenvalue weighted by molar-refractivity contribution is 7.86. The number of rotatable bonds is 11. The SMILES string of the molecule is O=S(=O)(O)c1cc(N=C=S)ccc1/C=C/c1ccc([N-]CCCC[C+]=S)cc1S(=O)(=O)O. The van der Waals surface area contributed by atoms with Crippen LogP contribution in [-0.2, 0) is 20.2 Å². The van der Waals surface area contributed by atoms with Crippen LogP contribution in [0.1, 0.15) is 30.4 Å². The van der Waals surface area contributed by atoms with Gasteiger partial charge in [0, 0.05) is 0 Å². The highest BCUT2D eigenvalue weighted by Crippen LogP contribution is 2.29. The van der Waals surface area contributed by atoms with Crippen molar-refractivity contribution in [3.05, 3.63) is 52.8 Å². The molecule has 2 N–H and O–H groups in total. The van der Waals surface area contributed by atoms with Gasteiger partial charge < -0.3 is 5.32 Å². The van der Waals surface area contributed by atoms with E-state index < -0.39 is 30.0 Å². The Bertz CT molecular complexity index is 1280. The largest absolute Gasteiger partial charge is 0.684 e. The van der Waals surface area contributed by atoms with Crippen molar-refractivity contribution in [1.29, 1.82) is 0 Å². The Hall–Kier alpha value is -2.40. The molecule has 2 aromatic carbocycles. The summed E-state index contributed by atoms with van der Waals surface area (Å²) in [6, 6.07) is 8.13. The second-order valence-corrected chi connectivity index (χ2v) is 9.67. The van der Waals surface area contributed by atoms with E-state index in [2.05, 4.69) is 45.3 Å². The van der Waals surface area contributed by atoms with Crippen molar-refractivity contribution in [3.63, 3.8) is 0 Å². The molecule has 168 valence electrons. The summed E-state index contributed by atoms with van der Waals surface area (Å²) in [7, 11) is -9.20. The van der Waals surface area contributed by atoms with Crippen LogP contribution >= 0.6 is 24.4 Å². The van der Waals surface area contributed by atoms with Crippen molar-refractivity contribution in [1.82, 2.24) is 0 Å². The van der Waals surface area contributed by atoms with Gasteiger partial charge in [0.2, 0.25) is 12.2 Å². The molecule has 12 heteroatoms. The fraction of sp³-hybridized carbons (Fsp3) is 0.200. The van der Waals surface area contributed by atoms with Gasteiger partial charge in [-0.25, -0.2) is 0 Å². The van der Waals surface area contributed by atoms with E-state index in [1.54, 1.807) is 6.07 Å². The van der Waals surface area contributed by atoms with Crippen molar-refractivity contribution in [3.8, 4) is 0 Å². The molecule has 0 heterocycles. The van der Waals surface area contributed by atoms with Gasteiger partial charge in [0.25, 0.3) is 20.2 Å². The summed E-state index contributed by atoms with van der Waals surface area (Å²) in [5.74, 6) is 0. The molecule has 0 aliphatic heterocycles. The molecule has 0 radical (unpaired) electrons. The number of isothiocyanates is 1. The first kappa shape index (κ1) is 25.9. The molecule has 2 rings (SSSR count). The first-order valence-corrected chi connectivity index (χ1v) is 12.8. The highest BCUT2D eigenvalue weighted by Gasteiger charge is 2.16. The zero-order valence-corrected chi connectivity index (χ0v) is 19.8. The van der Waals surface area contributed by atoms with Crippen LogP contribution in [0.4, 0.5) is 11.4 Å². The first-order valence-electron chi connectivity index (χ1n) is 9.08. The molecule has 0 saturated heterocycles. The Kier molecular flexibility index (Phi) is 9.26. The van der Waals surface area contributed by atoms with Crippen LogP contribution in [0.5, 0.6) is 0 Å². The molecule has 2 aromatic rings. The third kappa shape index (κ3) is 7.63. The Balaban J connectivity index is 2.40. The van der Waals surface area contributed by atoms with E-state index in [0.717, 1.165) is 18.9 Å². The van der Waals surface area contributed by atoms with E-state index in [0.29, 0.717) is 18.7 Å². The molecule has 0 aromatic heterocycles. The zero-order chi connectivity index (χ0) is 23.8. The second kappa shape index (κ2) is 11.5. The van der Waals surface area contributed by atoms with Gasteiger partial charge in [0.15, 0.2) is 6.42 Å². The third-order valence-corrected chi connectivity index (χ3v) is 6.26. The van der Waals surface area contributed by atoms with E-state index in [1.165, 1.54) is 36.4 Å². The average molecular weight is 511 g/mol. The van der Waals surface area contributed by atoms with Crippen molar-refractivity contribution in [2.24, 2.45) is 4.99 Å². The molecule has 0 saturated carbocycles. The van der Waals surface area contributed by atoms with E-state index in [-0.39, 0.29) is 16.8 Å². The van der Waals surface area contributed by atoms with Crippen LogP contribution in [-0.4, -0.2) is 43.0 Å². The highest BCUT2D eigenvalue weighted by atomic mass is 32.2. The Morgan fingerprint density at radius 3 is 2.12 bits per heavy atom. The predicted molar refractivity (Wildman–Crippen MR) is 130 cm³/mol. The molecule has 8 nitrogen and oxygen atoms in total. The molecule has 0 aliphatic rings. The maximum atomic E-state index is 11.9. The minimum absolute atomic E-state index is 0.0706. The van der Waals surface area contributed by atoms with Gasteiger partial charge in [-0.15, -0.1) is 12.2 Å². The summed E-state index contributed by atoms with van der Waals surface area (Å²) in [6.07, 6.45) is 4.80. The minimum Gasteiger partial charge on any atom is -0.684 e. The smallest absolute Gasteiger partial charge is 0.317 e. The van der Waals surface area contributed by atoms with E-state index in [4.69, 9.17) is 0 Å². The molecule has 0 aliphatic carbocycles. The monoisotopic (exact) mass is 510 g/mol. The van der Waals surface area contributed by atoms with Crippen LogP contribution in [0.2, 0.25) is 0 Å². The van der Waals surface area contributed by atoms with Crippen LogP contribution in [0.25, 0.3) is 17.5 Å². The molecule has 0 spiro atoms. The standard InChI is InChI=1S/C20H18N2O6S4/c23-31(24,25)19-12-17(21-10-2-1-3-11-29)8-6-15(19)4-5-16-7-9-18(22-14-30)13-20(16)32(26,27)28/h4-9,12-13H,1-3,10H2,(H,23,24,25)(H,26,27,28)/b5-4+. The van der Waals surface area contributed by atoms with Crippen LogP contribution in [0.3, 0.4) is 0 Å². The van der Waals surface area contributed by atoms with Gasteiger partial charge in [-0.2, -0.15) is 21.8 Å². The maximum absolute atomic E-state index is 11.9. The van der Waals surface area contributed by atoms with Gasteiger partial charge in [0.1, 0.15) is 4.90 Å². The number of hydrogen-bond donors (Lipinski definition) is 2. The lowest BCUT2D eigenvalue weighted by molar-refractivity contribution is 0.480. The third-order valence-electron chi connectivity index (χ3n) is 4.15. The normalized spacial score (nSPS) is 11.7. The molecular formula is C20H18N2O6S4. The Morgan fingerprint density at radius 1 is 0.969 bits per heavy atom. The Morgan fingerprint density at radius 2 is 1.56 bits per heavy atom. The van der Waals surface area contributed by atoms with E-state index in [1.807, 2.05) is 0 Å². The summed E-state index contributed by atoms with van der Waals surface area (Å²) in [5, 5.41) is 8.99. The minimum atomic E-state index is -4.61. The summed E-state index contributed by atoms with van der Waals surface area (Å²) < 4.78 is 66.3. The van der Waals surface area contributed by atoms with Gasteiger partial charge >= 0.3 is 5.37 Å². The summed E-state index contributed by atoms with van der Waals surface area (Å²) in [6.45, 7) is 0.450. The van der Waals surface area contributed by atoms with Crippen molar-refractivity contribution in [2.75, 3.05) is 6.54 Å². The Labute approximate surface area is 197 Å². The van der Waals surface area contributed by atoms with Gasteiger partial charge in [-0.05, 0) is 41.9 Å². The number of hydrogen-bond acceptors (Lipinski definition) is 7. The predicted octanol–water partition coefficient (Wildman–Crippen LogP) is 5.14. The molecule has 0 bridgehead atoms. The number of benzene rings is 2. The maximum Gasteiger partial charge on any atom is 0.317 e. The lowest BCUT2D eigenvalue weighted by Gasteiger charge is -2.21. The van der Waals surface area contributed by atoms with Crippen LogP contribution < -0.4 is 0 Å². The van der Waals surface area contributed by atoms with Crippen molar-refractivity contribution in [2.45, 2.75) is 29.1 Å². The molecule has 32 heavy (non-hydrogen) atoms. The number of thiocarbonyl (C=S) groups is 2. The van der Waals surface area contributed by atoms with E-state index in [9.17, 15) is 25.9 Å². The molecule has 0 unspecified atom stereocenters. The molecule has 0 fully saturated rings. The quantitative estimate of drug-likeness (QED) is 0.106. The fourth-order valence-electron chi connectivity index (χ4n) is 2.69. The van der Waals surface area contributed by atoms with Crippen molar-refractivity contribution < 1.29 is 25.9 Å². The number of aliphatic imine (C=N–C) groups is 1. The molecular weight excluding hydrogens is 492 g/mol. The lowest BCUT2D eigenvalue weighted by Crippen LogP contribution is -2.02. The number of nitrogens with zero attached hydrogens (tertiary/aromatic N) is 2. The van der Waals surface area contributed by atoms with Gasteiger partial charge in [-0.1, -0.05) is 42.8 Å². The fourth-order valence-corrected chi connectivity index (χ4v) is 4.34. The molecule has 0 amide bonds. The van der Waals surface area contributed by atoms with Gasteiger partial charge in [-0.3, -0.25) is 9.11 Å². The van der Waals surface area contributed by atoms with E-state index >= 15 is 0 Å². The summed E-state index contributed by atoms with van der Waals surface area (Å²) in [5.41, 5.74) is 0.699. The van der Waals surface area contributed by atoms with Crippen molar-refractivity contribution >= 4 is 78.7 Å². The first-order chi connectivity index (χ1) is 15.1. The van der Waals surface area contributed by atoms with Crippen LogP contribution in [0.15, 0.2) is 51.2 Å². The topological polar surface area (TPSA) is 135 Å². The summed E-state index contributed by atoms with van der Waals surface area (Å²) >= 11 is 9.12. The molecule has 0 atom stereocenters. The van der Waals surface area contributed by atoms with Crippen LogP contribution in [0, 0.1) is 0 Å².